The van der Waals surface area contributed by atoms with Crippen LogP contribution < -0.4 is 5.32 Å². The van der Waals surface area contributed by atoms with E-state index in [2.05, 4.69) is 5.32 Å². The first-order valence-corrected chi connectivity index (χ1v) is 5.86. The van der Waals surface area contributed by atoms with E-state index in [1.165, 1.54) is 0 Å². The van der Waals surface area contributed by atoms with Crippen LogP contribution in [0.3, 0.4) is 0 Å². The van der Waals surface area contributed by atoms with Crippen LogP contribution in [0.25, 0.3) is 0 Å². The van der Waals surface area contributed by atoms with Crippen molar-refractivity contribution in [1.29, 1.82) is 0 Å². The van der Waals surface area contributed by atoms with Crippen molar-refractivity contribution in [2.24, 2.45) is 5.92 Å². The number of nitrogens with zero attached hydrogens (tertiary/aromatic N) is 1. The summed E-state index contributed by atoms with van der Waals surface area (Å²) in [6.45, 7) is 6.46. The highest BCUT2D eigenvalue weighted by atomic mass is 16.5. The zero-order valence-electron chi connectivity index (χ0n) is 9.37. The van der Waals surface area contributed by atoms with E-state index in [-0.39, 0.29) is 6.10 Å². The van der Waals surface area contributed by atoms with E-state index in [4.69, 9.17) is 4.74 Å². The van der Waals surface area contributed by atoms with Crippen molar-refractivity contribution in [3.63, 3.8) is 0 Å². The van der Waals surface area contributed by atoms with Gasteiger partial charge in [0.25, 0.3) is 0 Å². The minimum absolute atomic E-state index is 0.191. The van der Waals surface area contributed by atoms with Gasteiger partial charge in [-0.2, -0.15) is 0 Å². The molecule has 1 N–H and O–H groups in total. The topological polar surface area (TPSA) is 41.6 Å². The number of hydrogen-bond acceptors (Lipinski definition) is 3. The molecular weight excluding hydrogens is 192 g/mol. The Bertz CT molecular complexity index is 229. The number of carbonyl (C=O) groups is 1. The standard InChI is InChI=1S/C11H20N2O2/c1-9-8-13(3-2-4-15-9)11(14)5-10-6-12-7-10/h9-10,12H,2-8H2,1H3. The van der Waals surface area contributed by atoms with Crippen molar-refractivity contribution >= 4 is 5.91 Å². The summed E-state index contributed by atoms with van der Waals surface area (Å²) in [6.07, 6.45) is 1.87. The monoisotopic (exact) mass is 212 g/mol. The summed E-state index contributed by atoms with van der Waals surface area (Å²) in [4.78, 5) is 13.9. The molecule has 1 unspecified atom stereocenters. The minimum atomic E-state index is 0.191. The summed E-state index contributed by atoms with van der Waals surface area (Å²) in [6, 6.07) is 0. The van der Waals surface area contributed by atoms with E-state index in [1.807, 2.05) is 11.8 Å². The first-order chi connectivity index (χ1) is 7.25. The van der Waals surface area contributed by atoms with Crippen molar-refractivity contribution in [3.05, 3.63) is 0 Å². The van der Waals surface area contributed by atoms with Crippen molar-refractivity contribution in [1.82, 2.24) is 10.2 Å². The van der Waals surface area contributed by atoms with E-state index in [0.29, 0.717) is 18.2 Å². The molecule has 0 saturated carbocycles. The van der Waals surface area contributed by atoms with Gasteiger partial charge in [0.15, 0.2) is 0 Å². The van der Waals surface area contributed by atoms with Gasteiger partial charge in [-0.1, -0.05) is 0 Å². The molecule has 2 fully saturated rings. The van der Waals surface area contributed by atoms with Crippen LogP contribution in [0.4, 0.5) is 0 Å². The van der Waals surface area contributed by atoms with Crippen LogP contribution in [0.5, 0.6) is 0 Å². The molecule has 2 aliphatic heterocycles. The Balaban J connectivity index is 1.81. The van der Waals surface area contributed by atoms with Gasteiger partial charge < -0.3 is 15.0 Å². The molecule has 15 heavy (non-hydrogen) atoms. The molecule has 0 radical (unpaired) electrons. The summed E-state index contributed by atoms with van der Waals surface area (Å²) in [7, 11) is 0. The Morgan fingerprint density at radius 1 is 1.53 bits per heavy atom. The second kappa shape index (κ2) is 4.94. The zero-order chi connectivity index (χ0) is 10.7. The van der Waals surface area contributed by atoms with Gasteiger partial charge in [0.2, 0.25) is 5.91 Å². The second-order valence-electron chi connectivity index (χ2n) is 4.60. The van der Waals surface area contributed by atoms with E-state index in [0.717, 1.165) is 39.2 Å². The highest BCUT2D eigenvalue weighted by Crippen LogP contribution is 2.13. The van der Waals surface area contributed by atoms with Crippen LogP contribution in [-0.4, -0.2) is 49.7 Å². The number of hydrogen-bond donors (Lipinski definition) is 1. The third kappa shape index (κ3) is 2.92. The van der Waals surface area contributed by atoms with Gasteiger partial charge in [0.1, 0.15) is 0 Å². The summed E-state index contributed by atoms with van der Waals surface area (Å²) in [5.74, 6) is 0.871. The first-order valence-electron chi connectivity index (χ1n) is 5.86. The lowest BCUT2D eigenvalue weighted by Gasteiger charge is -2.29. The van der Waals surface area contributed by atoms with Gasteiger partial charge in [-0.15, -0.1) is 0 Å². The Hall–Kier alpha value is -0.610. The van der Waals surface area contributed by atoms with Crippen LogP contribution in [0, 0.1) is 5.92 Å². The summed E-state index contributed by atoms with van der Waals surface area (Å²) in [5.41, 5.74) is 0. The largest absolute Gasteiger partial charge is 0.377 e. The fourth-order valence-electron chi connectivity index (χ4n) is 2.09. The summed E-state index contributed by atoms with van der Waals surface area (Å²) < 4.78 is 5.52. The average Bonchev–Trinajstić information content (AvgIpc) is 2.36. The molecule has 4 heteroatoms. The molecule has 1 amide bonds. The Labute approximate surface area is 91.0 Å². The minimum Gasteiger partial charge on any atom is -0.377 e. The van der Waals surface area contributed by atoms with Gasteiger partial charge >= 0.3 is 0 Å². The third-order valence-corrected chi connectivity index (χ3v) is 3.13. The lowest BCUT2D eigenvalue weighted by atomic mass is 9.98. The van der Waals surface area contributed by atoms with Crippen molar-refractivity contribution in [2.45, 2.75) is 25.9 Å². The molecular formula is C11H20N2O2. The average molecular weight is 212 g/mol. The Morgan fingerprint density at radius 2 is 2.33 bits per heavy atom. The first kappa shape index (κ1) is 10.9. The molecule has 0 spiro atoms. The smallest absolute Gasteiger partial charge is 0.223 e. The molecule has 0 aromatic rings. The van der Waals surface area contributed by atoms with E-state index in [9.17, 15) is 4.79 Å². The van der Waals surface area contributed by atoms with Crippen LogP contribution >= 0.6 is 0 Å². The van der Waals surface area contributed by atoms with Gasteiger partial charge in [0, 0.05) is 26.1 Å². The Morgan fingerprint density at radius 3 is 3.00 bits per heavy atom. The maximum absolute atomic E-state index is 11.9. The maximum Gasteiger partial charge on any atom is 0.223 e. The van der Waals surface area contributed by atoms with Crippen molar-refractivity contribution < 1.29 is 9.53 Å². The third-order valence-electron chi connectivity index (χ3n) is 3.13. The predicted octanol–water partition coefficient (Wildman–Crippen LogP) is 0.233. The quantitative estimate of drug-likeness (QED) is 0.712. The van der Waals surface area contributed by atoms with E-state index >= 15 is 0 Å². The predicted molar refractivity (Wildman–Crippen MR) is 57.6 cm³/mol. The molecule has 0 aliphatic carbocycles. The lowest BCUT2D eigenvalue weighted by Crippen LogP contribution is -2.46. The molecule has 0 bridgehead atoms. The van der Waals surface area contributed by atoms with E-state index in [1.54, 1.807) is 0 Å². The molecule has 0 aromatic carbocycles. The summed E-state index contributed by atoms with van der Waals surface area (Å²) >= 11 is 0. The van der Waals surface area contributed by atoms with Crippen LogP contribution in [0.2, 0.25) is 0 Å². The fourth-order valence-corrected chi connectivity index (χ4v) is 2.09. The number of rotatable bonds is 2. The van der Waals surface area contributed by atoms with Crippen molar-refractivity contribution in [3.8, 4) is 0 Å². The molecule has 4 nitrogen and oxygen atoms in total. The number of carbonyl (C=O) groups excluding carboxylic acids is 1. The van der Waals surface area contributed by atoms with Gasteiger partial charge in [-0.3, -0.25) is 4.79 Å². The highest BCUT2D eigenvalue weighted by Gasteiger charge is 2.25. The van der Waals surface area contributed by atoms with Gasteiger partial charge in [-0.25, -0.2) is 0 Å². The molecule has 1 atom stereocenters. The summed E-state index contributed by atoms with van der Waals surface area (Å²) in [5, 5.41) is 3.20. The second-order valence-corrected chi connectivity index (χ2v) is 4.60. The highest BCUT2D eigenvalue weighted by molar-refractivity contribution is 5.76. The molecule has 2 heterocycles. The zero-order valence-corrected chi connectivity index (χ0v) is 9.37. The van der Waals surface area contributed by atoms with Crippen LogP contribution in [0.1, 0.15) is 19.8 Å². The Kier molecular flexibility index (Phi) is 3.59. The van der Waals surface area contributed by atoms with Crippen molar-refractivity contribution in [2.75, 3.05) is 32.8 Å². The number of ether oxygens (including phenoxy) is 1. The van der Waals surface area contributed by atoms with Gasteiger partial charge in [-0.05, 0) is 32.4 Å². The lowest BCUT2D eigenvalue weighted by molar-refractivity contribution is -0.133. The number of nitrogens with one attached hydrogen (secondary N) is 1. The normalized spacial score (nSPS) is 28.3. The number of amides is 1. The molecule has 86 valence electrons. The molecule has 2 aliphatic rings. The van der Waals surface area contributed by atoms with Crippen LogP contribution in [0.15, 0.2) is 0 Å². The van der Waals surface area contributed by atoms with Gasteiger partial charge in [0.05, 0.1) is 6.10 Å². The fraction of sp³-hybridized carbons (Fsp3) is 0.909. The SMILES string of the molecule is CC1CN(C(=O)CC2CNC2)CCCO1. The van der Waals surface area contributed by atoms with E-state index < -0.39 is 0 Å². The molecule has 2 rings (SSSR count). The maximum atomic E-state index is 11.9. The molecule has 2 saturated heterocycles. The van der Waals surface area contributed by atoms with Crippen LogP contribution in [-0.2, 0) is 9.53 Å². The molecule has 0 aromatic heterocycles.